The third kappa shape index (κ3) is 5.07. The molecule has 4 nitrogen and oxygen atoms in total. The van der Waals surface area contributed by atoms with E-state index < -0.39 is 0 Å². The molecule has 2 N–H and O–H groups in total. The van der Waals surface area contributed by atoms with E-state index in [9.17, 15) is 5.11 Å². The number of ether oxygens (including phenoxy) is 1. The quantitative estimate of drug-likeness (QED) is 0.378. The van der Waals surface area contributed by atoms with Crippen LogP contribution in [0, 0.1) is 0 Å². The third-order valence-electron chi connectivity index (χ3n) is 5.16. The van der Waals surface area contributed by atoms with Crippen LogP contribution in [-0.4, -0.2) is 17.4 Å². The van der Waals surface area contributed by atoms with Gasteiger partial charge in [-0.25, -0.2) is 0 Å². The number of phenolic OH excluding ortho intramolecular Hbond substituents is 1. The molecule has 1 aliphatic heterocycles. The molecule has 7 heteroatoms. The minimum atomic E-state index is -0.386. The Morgan fingerprint density at radius 1 is 1.06 bits per heavy atom. The standard InChI is InChI=1S/C24H21BrCl2N2O2/c1-2-31-17-7-3-14(4-8-17)21-13-22(19-11-15(25)5-10-23(19)30)29-24(28-21)18-9-6-16(26)12-20(18)27/h3-12,22,24,29-30H,2,13H2,1H3/t22-,24+/m0/s1. The molecule has 3 aromatic rings. The molecule has 1 heterocycles. The highest BCUT2D eigenvalue weighted by Crippen LogP contribution is 2.37. The lowest BCUT2D eigenvalue weighted by Gasteiger charge is -2.31. The molecule has 0 fully saturated rings. The van der Waals surface area contributed by atoms with Crippen LogP contribution in [0.1, 0.15) is 42.2 Å². The molecule has 1 aliphatic rings. The molecule has 0 saturated carbocycles. The summed E-state index contributed by atoms with van der Waals surface area (Å²) in [6.45, 7) is 2.58. The van der Waals surface area contributed by atoms with Gasteiger partial charge in [-0.15, -0.1) is 0 Å². The Morgan fingerprint density at radius 3 is 2.55 bits per heavy atom. The summed E-state index contributed by atoms with van der Waals surface area (Å²) >= 11 is 16.1. The van der Waals surface area contributed by atoms with Crippen LogP contribution in [-0.2, 0) is 0 Å². The Hall–Kier alpha value is -2.05. The average molecular weight is 520 g/mol. The molecule has 31 heavy (non-hydrogen) atoms. The molecule has 3 aromatic carbocycles. The summed E-state index contributed by atoms with van der Waals surface area (Å²) in [4.78, 5) is 4.96. The predicted molar refractivity (Wildman–Crippen MR) is 130 cm³/mol. The van der Waals surface area contributed by atoms with E-state index in [4.69, 9.17) is 32.9 Å². The Balaban J connectivity index is 1.75. The second-order valence-corrected chi connectivity index (χ2v) is 8.99. The molecule has 0 radical (unpaired) electrons. The van der Waals surface area contributed by atoms with Crippen molar-refractivity contribution in [2.45, 2.75) is 25.6 Å². The topological polar surface area (TPSA) is 53.8 Å². The predicted octanol–water partition coefficient (Wildman–Crippen LogP) is 7.08. The van der Waals surface area contributed by atoms with E-state index in [2.05, 4.69) is 21.2 Å². The number of benzene rings is 3. The first-order valence-corrected chi connectivity index (χ1v) is 11.5. The zero-order valence-electron chi connectivity index (χ0n) is 16.8. The van der Waals surface area contributed by atoms with Crippen molar-refractivity contribution < 1.29 is 9.84 Å². The molecular formula is C24H21BrCl2N2O2. The molecule has 0 aliphatic carbocycles. The Bertz CT molecular complexity index is 1120. The van der Waals surface area contributed by atoms with Crippen LogP contribution in [0.25, 0.3) is 0 Å². The van der Waals surface area contributed by atoms with Gasteiger partial charge < -0.3 is 9.84 Å². The maximum absolute atomic E-state index is 10.5. The molecule has 0 aromatic heterocycles. The number of nitrogens with one attached hydrogen (secondary N) is 1. The van der Waals surface area contributed by atoms with Gasteiger partial charge in [-0.2, -0.15) is 0 Å². The highest BCUT2D eigenvalue weighted by Gasteiger charge is 2.29. The Kier molecular flexibility index (Phi) is 6.87. The highest BCUT2D eigenvalue weighted by atomic mass is 79.9. The van der Waals surface area contributed by atoms with Gasteiger partial charge in [-0.3, -0.25) is 10.3 Å². The first-order chi connectivity index (χ1) is 14.9. The number of rotatable bonds is 5. The van der Waals surface area contributed by atoms with E-state index in [1.54, 1.807) is 18.2 Å². The van der Waals surface area contributed by atoms with Gasteiger partial charge in [0.05, 0.1) is 6.61 Å². The van der Waals surface area contributed by atoms with Gasteiger partial charge in [0.1, 0.15) is 17.7 Å². The SMILES string of the molecule is CCOc1ccc(C2=N[C@@H](c3ccc(Cl)cc3Cl)N[C@H](c3cc(Br)ccc3O)C2)cc1. The van der Waals surface area contributed by atoms with Crippen molar-refractivity contribution >= 4 is 44.8 Å². The Labute approximate surface area is 200 Å². The van der Waals surface area contributed by atoms with E-state index in [1.165, 1.54) is 0 Å². The molecule has 0 saturated heterocycles. The van der Waals surface area contributed by atoms with Gasteiger partial charge in [0.25, 0.3) is 0 Å². The second-order valence-electron chi connectivity index (χ2n) is 7.23. The summed E-state index contributed by atoms with van der Waals surface area (Å²) in [6, 6.07) is 18.6. The summed E-state index contributed by atoms with van der Waals surface area (Å²) in [5.41, 5.74) is 3.54. The number of aromatic hydroxyl groups is 1. The van der Waals surface area contributed by atoms with Crippen molar-refractivity contribution in [3.8, 4) is 11.5 Å². The summed E-state index contributed by atoms with van der Waals surface area (Å²) in [7, 11) is 0. The van der Waals surface area contributed by atoms with Crippen LogP contribution in [0.15, 0.2) is 70.1 Å². The molecule has 0 bridgehead atoms. The van der Waals surface area contributed by atoms with Gasteiger partial charge >= 0.3 is 0 Å². The molecule has 2 atom stereocenters. The molecule has 160 valence electrons. The largest absolute Gasteiger partial charge is 0.508 e. The summed E-state index contributed by atoms with van der Waals surface area (Å²) in [5.74, 6) is 1.05. The van der Waals surface area contributed by atoms with Crippen molar-refractivity contribution in [3.05, 3.63) is 91.9 Å². The highest BCUT2D eigenvalue weighted by molar-refractivity contribution is 9.10. The summed E-state index contributed by atoms with van der Waals surface area (Å²) < 4.78 is 6.46. The van der Waals surface area contributed by atoms with Crippen molar-refractivity contribution in [1.29, 1.82) is 0 Å². The van der Waals surface area contributed by atoms with E-state index in [0.717, 1.165) is 32.6 Å². The molecule has 0 unspecified atom stereocenters. The number of hydrogen-bond donors (Lipinski definition) is 2. The fourth-order valence-electron chi connectivity index (χ4n) is 3.68. The van der Waals surface area contributed by atoms with E-state index in [1.807, 2.05) is 49.4 Å². The van der Waals surface area contributed by atoms with Crippen LogP contribution >= 0.6 is 39.1 Å². The van der Waals surface area contributed by atoms with Crippen LogP contribution < -0.4 is 10.1 Å². The van der Waals surface area contributed by atoms with Gasteiger partial charge in [0.15, 0.2) is 0 Å². The fourth-order valence-corrected chi connectivity index (χ4v) is 4.57. The van der Waals surface area contributed by atoms with Gasteiger partial charge in [0, 0.05) is 43.8 Å². The molecule has 0 spiro atoms. The van der Waals surface area contributed by atoms with Crippen LogP contribution in [0.4, 0.5) is 0 Å². The number of halogens is 3. The lowest BCUT2D eigenvalue weighted by Crippen LogP contribution is -2.33. The smallest absolute Gasteiger partial charge is 0.127 e. The zero-order chi connectivity index (χ0) is 22.0. The minimum absolute atomic E-state index is 0.159. The summed E-state index contributed by atoms with van der Waals surface area (Å²) in [5, 5.41) is 15.2. The first-order valence-electron chi connectivity index (χ1n) is 9.94. The van der Waals surface area contributed by atoms with Gasteiger partial charge in [0.2, 0.25) is 0 Å². The monoisotopic (exact) mass is 518 g/mol. The first kappa shape index (κ1) is 22.2. The maximum atomic E-state index is 10.5. The van der Waals surface area contributed by atoms with Crippen LogP contribution in [0.2, 0.25) is 10.0 Å². The molecule has 4 rings (SSSR count). The number of phenols is 1. The third-order valence-corrected chi connectivity index (χ3v) is 6.22. The minimum Gasteiger partial charge on any atom is -0.508 e. The lowest BCUT2D eigenvalue weighted by atomic mass is 9.93. The Morgan fingerprint density at radius 2 is 1.84 bits per heavy atom. The van der Waals surface area contributed by atoms with Crippen molar-refractivity contribution in [3.63, 3.8) is 0 Å². The van der Waals surface area contributed by atoms with E-state index in [-0.39, 0.29) is 18.0 Å². The molecule has 0 amide bonds. The van der Waals surface area contributed by atoms with Crippen LogP contribution in [0.3, 0.4) is 0 Å². The van der Waals surface area contributed by atoms with E-state index in [0.29, 0.717) is 23.1 Å². The van der Waals surface area contributed by atoms with Crippen molar-refractivity contribution in [1.82, 2.24) is 5.32 Å². The number of nitrogens with zero attached hydrogens (tertiary/aromatic N) is 1. The second kappa shape index (κ2) is 9.61. The maximum Gasteiger partial charge on any atom is 0.127 e. The number of aliphatic imine (C=N–C) groups is 1. The average Bonchev–Trinajstić information content (AvgIpc) is 2.76. The molecular weight excluding hydrogens is 499 g/mol. The zero-order valence-corrected chi connectivity index (χ0v) is 19.9. The van der Waals surface area contributed by atoms with Gasteiger partial charge in [-0.05, 0) is 67.1 Å². The van der Waals surface area contributed by atoms with E-state index >= 15 is 0 Å². The number of hydrogen-bond acceptors (Lipinski definition) is 4. The summed E-state index contributed by atoms with van der Waals surface area (Å²) in [6.07, 6.45) is 0.225. The van der Waals surface area contributed by atoms with Gasteiger partial charge in [-0.1, -0.05) is 45.2 Å². The lowest BCUT2D eigenvalue weighted by molar-refractivity contribution is 0.340. The van der Waals surface area contributed by atoms with Crippen molar-refractivity contribution in [2.24, 2.45) is 4.99 Å². The fraction of sp³-hybridized carbons (Fsp3) is 0.208. The van der Waals surface area contributed by atoms with Crippen LogP contribution in [0.5, 0.6) is 11.5 Å². The van der Waals surface area contributed by atoms with Crippen molar-refractivity contribution in [2.75, 3.05) is 6.61 Å². The normalized spacial score (nSPS) is 18.5.